The summed E-state index contributed by atoms with van der Waals surface area (Å²) in [6, 6.07) is 1.69. The van der Waals surface area contributed by atoms with Crippen molar-refractivity contribution in [2.24, 2.45) is 18.4 Å². The summed E-state index contributed by atoms with van der Waals surface area (Å²) in [5.74, 6) is -2.61. The minimum atomic E-state index is -2.58. The van der Waals surface area contributed by atoms with Crippen molar-refractivity contribution in [3.8, 4) is 0 Å². The van der Waals surface area contributed by atoms with Gasteiger partial charge in [-0.25, -0.2) is 8.78 Å². The van der Waals surface area contributed by atoms with Crippen LogP contribution in [0.15, 0.2) is 12.3 Å². The fourth-order valence-corrected chi connectivity index (χ4v) is 5.01. The Morgan fingerprint density at radius 3 is 2.88 bits per heavy atom. The summed E-state index contributed by atoms with van der Waals surface area (Å²) < 4.78 is 27.9. The number of rotatable bonds is 4. The molecule has 5 nitrogen and oxygen atoms in total. The van der Waals surface area contributed by atoms with E-state index >= 15 is 0 Å². The Hall–Kier alpha value is -1.50. The molecule has 1 aromatic rings. The quantitative estimate of drug-likeness (QED) is 0.905. The van der Waals surface area contributed by atoms with E-state index in [9.17, 15) is 13.6 Å². The highest BCUT2D eigenvalue weighted by Gasteiger charge is 2.52. The van der Waals surface area contributed by atoms with Gasteiger partial charge in [-0.15, -0.1) is 0 Å². The molecule has 3 aliphatic rings. The number of alkyl halides is 2. The van der Waals surface area contributed by atoms with Gasteiger partial charge in [0.1, 0.15) is 0 Å². The highest BCUT2D eigenvalue weighted by atomic mass is 19.3. The highest BCUT2D eigenvalue weighted by molar-refractivity contribution is 5.80. The summed E-state index contributed by atoms with van der Waals surface area (Å²) in [4.78, 5) is 15.1. The molecule has 25 heavy (non-hydrogen) atoms. The van der Waals surface area contributed by atoms with Crippen LogP contribution in [0.2, 0.25) is 0 Å². The molecule has 1 aromatic heterocycles. The number of halogens is 2. The first-order valence-corrected chi connectivity index (χ1v) is 9.24. The number of hydrogen-bond acceptors (Lipinski definition) is 3. The van der Waals surface area contributed by atoms with Gasteiger partial charge in [-0.1, -0.05) is 6.42 Å². The Bertz CT molecular complexity index is 653. The molecule has 2 heterocycles. The van der Waals surface area contributed by atoms with E-state index < -0.39 is 5.92 Å². The number of carbonyl (C=O) groups excluding carboxylic acids is 1. The summed E-state index contributed by atoms with van der Waals surface area (Å²) in [5.41, 5.74) is 1.20. The van der Waals surface area contributed by atoms with Crippen LogP contribution in [0.3, 0.4) is 0 Å². The number of aryl methyl sites for hydroxylation is 1. The summed E-state index contributed by atoms with van der Waals surface area (Å²) in [6.45, 7) is 2.75. The van der Waals surface area contributed by atoms with Crippen molar-refractivity contribution in [2.45, 2.75) is 57.0 Å². The molecule has 4 rings (SSSR count). The molecule has 1 saturated heterocycles. The zero-order valence-electron chi connectivity index (χ0n) is 14.7. The highest BCUT2D eigenvalue weighted by Crippen LogP contribution is 2.50. The fourth-order valence-electron chi connectivity index (χ4n) is 5.01. The Kier molecular flexibility index (Phi) is 4.09. The van der Waals surface area contributed by atoms with E-state index in [-0.39, 0.29) is 36.1 Å². The lowest BCUT2D eigenvalue weighted by molar-refractivity contribution is -0.135. The van der Waals surface area contributed by atoms with Gasteiger partial charge < -0.3 is 5.32 Å². The maximum absolute atomic E-state index is 13.0. The van der Waals surface area contributed by atoms with Gasteiger partial charge in [-0.05, 0) is 37.3 Å². The Labute approximate surface area is 146 Å². The molecule has 0 aromatic carbocycles. The van der Waals surface area contributed by atoms with Crippen LogP contribution in [-0.4, -0.2) is 45.6 Å². The van der Waals surface area contributed by atoms with Crippen molar-refractivity contribution < 1.29 is 13.6 Å². The largest absolute Gasteiger partial charge is 0.353 e. The second-order valence-corrected chi connectivity index (χ2v) is 8.18. The van der Waals surface area contributed by atoms with Crippen LogP contribution in [0.5, 0.6) is 0 Å². The third kappa shape index (κ3) is 3.18. The van der Waals surface area contributed by atoms with Crippen LogP contribution >= 0.6 is 0 Å². The van der Waals surface area contributed by atoms with Crippen LogP contribution in [-0.2, 0) is 18.4 Å². The minimum Gasteiger partial charge on any atom is -0.353 e. The fraction of sp³-hybridized carbons (Fsp3) is 0.778. The molecule has 0 unspecified atom stereocenters. The van der Waals surface area contributed by atoms with Gasteiger partial charge >= 0.3 is 0 Å². The number of hydrogen-bond donors (Lipinski definition) is 1. The van der Waals surface area contributed by atoms with Crippen LogP contribution < -0.4 is 5.32 Å². The third-order valence-electron chi connectivity index (χ3n) is 6.43. The lowest BCUT2D eigenvalue weighted by Crippen LogP contribution is -2.53. The predicted molar refractivity (Wildman–Crippen MR) is 89.0 cm³/mol. The average molecular weight is 352 g/mol. The zero-order chi connectivity index (χ0) is 17.7. The summed E-state index contributed by atoms with van der Waals surface area (Å²) in [6.07, 6.45) is 5.42. The van der Waals surface area contributed by atoms with E-state index in [2.05, 4.69) is 15.3 Å². The molecule has 1 aliphatic heterocycles. The number of carbonyl (C=O) groups is 1. The monoisotopic (exact) mass is 352 g/mol. The minimum absolute atomic E-state index is 0.000355. The summed E-state index contributed by atoms with van der Waals surface area (Å²) in [7, 11) is 1.95. The van der Waals surface area contributed by atoms with Crippen LogP contribution in [0.25, 0.3) is 0 Å². The predicted octanol–water partition coefficient (Wildman–Crippen LogP) is 2.33. The van der Waals surface area contributed by atoms with Crippen LogP contribution in [0.1, 0.15) is 44.2 Å². The van der Waals surface area contributed by atoms with Gasteiger partial charge in [-0.3, -0.25) is 14.4 Å². The molecule has 1 N–H and O–H groups in total. The molecule has 138 valence electrons. The molecule has 3 fully saturated rings. The Morgan fingerprint density at radius 1 is 1.40 bits per heavy atom. The van der Waals surface area contributed by atoms with E-state index in [4.69, 9.17) is 0 Å². The maximum Gasteiger partial charge on any atom is 0.252 e. The Morgan fingerprint density at radius 2 is 2.20 bits per heavy atom. The van der Waals surface area contributed by atoms with Gasteiger partial charge in [0.2, 0.25) is 5.91 Å². The van der Waals surface area contributed by atoms with Crippen LogP contribution in [0, 0.1) is 11.3 Å². The normalized spacial score (nSPS) is 32.2. The van der Waals surface area contributed by atoms with E-state index in [1.807, 2.05) is 17.8 Å². The standard InChI is InChI=1S/C18H26F2N4O/c1-23-14(4-7-21-23)11-24-8-6-17(12-24)5-2-3-15(17)16(25)22-13-9-18(19,20)10-13/h4,7,13,15H,2-3,5-6,8-12H2,1H3,(H,22,25)/t15-,17-/m0/s1. The molecule has 1 amide bonds. The average Bonchev–Trinajstić information content (AvgIpc) is 3.21. The number of nitrogens with one attached hydrogen (secondary N) is 1. The maximum atomic E-state index is 13.0. The number of amides is 1. The summed E-state index contributed by atoms with van der Waals surface area (Å²) in [5, 5.41) is 7.10. The van der Waals surface area contributed by atoms with E-state index in [0.717, 1.165) is 45.3 Å². The molecule has 2 saturated carbocycles. The zero-order valence-corrected chi connectivity index (χ0v) is 14.7. The first kappa shape index (κ1) is 16.9. The molecule has 1 spiro atoms. The second-order valence-electron chi connectivity index (χ2n) is 8.18. The lowest BCUT2D eigenvalue weighted by Gasteiger charge is -2.38. The second kappa shape index (κ2) is 6.04. The van der Waals surface area contributed by atoms with Gasteiger partial charge in [0.15, 0.2) is 0 Å². The first-order valence-electron chi connectivity index (χ1n) is 9.24. The van der Waals surface area contributed by atoms with Crippen LogP contribution in [0.4, 0.5) is 8.78 Å². The van der Waals surface area contributed by atoms with Crippen molar-refractivity contribution in [3.63, 3.8) is 0 Å². The van der Waals surface area contributed by atoms with E-state index in [0.29, 0.717) is 0 Å². The number of nitrogens with zero attached hydrogens (tertiary/aromatic N) is 3. The smallest absolute Gasteiger partial charge is 0.252 e. The van der Waals surface area contributed by atoms with Gasteiger partial charge in [-0.2, -0.15) is 5.10 Å². The molecule has 2 aliphatic carbocycles. The van der Waals surface area contributed by atoms with E-state index in [1.165, 1.54) is 5.69 Å². The molecule has 7 heteroatoms. The third-order valence-corrected chi connectivity index (χ3v) is 6.43. The van der Waals surface area contributed by atoms with Gasteiger partial charge in [0.25, 0.3) is 5.92 Å². The van der Waals surface area contributed by atoms with Gasteiger partial charge in [0.05, 0.1) is 5.69 Å². The van der Waals surface area contributed by atoms with E-state index in [1.54, 1.807) is 6.20 Å². The van der Waals surface area contributed by atoms with Crippen molar-refractivity contribution in [1.29, 1.82) is 0 Å². The number of likely N-dealkylation sites (tertiary alicyclic amines) is 1. The van der Waals surface area contributed by atoms with Crippen molar-refractivity contribution in [2.75, 3.05) is 13.1 Å². The summed E-state index contributed by atoms with van der Waals surface area (Å²) >= 11 is 0. The van der Waals surface area contributed by atoms with Crippen molar-refractivity contribution >= 4 is 5.91 Å². The molecule has 0 radical (unpaired) electrons. The first-order chi connectivity index (χ1) is 11.9. The van der Waals surface area contributed by atoms with Crippen molar-refractivity contribution in [1.82, 2.24) is 20.0 Å². The molecule has 0 bridgehead atoms. The lowest BCUT2D eigenvalue weighted by atomic mass is 9.76. The SMILES string of the molecule is Cn1nccc1CN1CC[C@@]2(CCC[C@H]2C(=O)NC2CC(F)(F)C2)C1. The van der Waals surface area contributed by atoms with Crippen molar-refractivity contribution in [3.05, 3.63) is 18.0 Å². The molecular formula is C18H26F2N4O. The molecular weight excluding hydrogens is 326 g/mol. The Balaban J connectivity index is 1.37. The number of aromatic nitrogens is 2. The van der Waals surface area contributed by atoms with Gasteiger partial charge in [0, 0.05) is 51.1 Å². The molecule has 2 atom stereocenters. The topological polar surface area (TPSA) is 50.2 Å².